The van der Waals surface area contributed by atoms with Crippen molar-refractivity contribution in [3.63, 3.8) is 0 Å². The van der Waals surface area contributed by atoms with Crippen LogP contribution in [0.5, 0.6) is 5.88 Å². The van der Waals surface area contributed by atoms with Crippen molar-refractivity contribution in [1.29, 1.82) is 0 Å². The second-order valence-corrected chi connectivity index (χ2v) is 6.01. The van der Waals surface area contributed by atoms with E-state index in [-0.39, 0.29) is 0 Å². The number of hydrogen-bond donors (Lipinski definition) is 1. The van der Waals surface area contributed by atoms with Crippen molar-refractivity contribution in [2.24, 2.45) is 0 Å². The number of benzene rings is 1. The zero-order valence-electron chi connectivity index (χ0n) is 14.2. The molecule has 4 heteroatoms. The maximum absolute atomic E-state index is 6.05. The van der Waals surface area contributed by atoms with Crippen molar-refractivity contribution in [3.8, 4) is 5.88 Å². The lowest BCUT2D eigenvalue weighted by Crippen LogP contribution is -2.10. The van der Waals surface area contributed by atoms with Gasteiger partial charge < -0.3 is 10.1 Å². The van der Waals surface area contributed by atoms with E-state index in [0.717, 1.165) is 43.9 Å². The summed E-state index contributed by atoms with van der Waals surface area (Å²) in [6.07, 6.45) is 9.79. The fraction of sp³-hybridized carbons (Fsp3) is 0.350. The average molecular weight is 323 g/mol. The van der Waals surface area contributed by atoms with E-state index in [1.807, 2.05) is 23.9 Å². The lowest BCUT2D eigenvalue weighted by Gasteiger charge is -2.11. The molecule has 0 aliphatic heterocycles. The van der Waals surface area contributed by atoms with E-state index in [9.17, 15) is 0 Å². The van der Waals surface area contributed by atoms with E-state index in [1.165, 1.54) is 11.1 Å². The third-order valence-corrected chi connectivity index (χ3v) is 4.07. The molecule has 1 aromatic carbocycles. The molecular formula is C20H25N3O. The first kappa shape index (κ1) is 16.5. The smallest absolute Gasteiger partial charge is 0.212 e. The minimum Gasteiger partial charge on any atom is -0.473 e. The number of nitrogens with zero attached hydrogens (tertiary/aromatic N) is 2. The maximum atomic E-state index is 6.05. The molecule has 0 amide bonds. The van der Waals surface area contributed by atoms with Gasteiger partial charge in [0, 0.05) is 19.2 Å². The van der Waals surface area contributed by atoms with Crippen LogP contribution in [0.25, 0.3) is 0 Å². The lowest BCUT2D eigenvalue weighted by atomic mass is 10.1. The first-order valence-corrected chi connectivity index (χ1v) is 8.59. The van der Waals surface area contributed by atoms with Gasteiger partial charge in [0.2, 0.25) is 5.88 Å². The topological polar surface area (TPSA) is 39.1 Å². The first-order chi connectivity index (χ1) is 11.8. The van der Waals surface area contributed by atoms with Crippen molar-refractivity contribution in [2.75, 3.05) is 13.7 Å². The molecule has 1 aliphatic rings. The summed E-state index contributed by atoms with van der Waals surface area (Å²) in [5.41, 5.74) is 3.56. The van der Waals surface area contributed by atoms with E-state index in [4.69, 9.17) is 4.74 Å². The number of aromatic nitrogens is 2. The van der Waals surface area contributed by atoms with Crippen LogP contribution >= 0.6 is 0 Å². The summed E-state index contributed by atoms with van der Waals surface area (Å²) in [6.45, 7) is 2.17. The Morgan fingerprint density at radius 1 is 1.21 bits per heavy atom. The molecule has 1 aromatic heterocycles. The van der Waals surface area contributed by atoms with Crippen LogP contribution in [0.1, 0.15) is 24.1 Å². The molecule has 2 aromatic rings. The normalized spacial score (nSPS) is 13.8. The number of aryl methyl sites for hydroxylation is 2. The third kappa shape index (κ3) is 4.59. The van der Waals surface area contributed by atoms with Crippen LogP contribution in [0.2, 0.25) is 0 Å². The summed E-state index contributed by atoms with van der Waals surface area (Å²) in [7, 11) is 1.93. The predicted molar refractivity (Wildman–Crippen MR) is 97.1 cm³/mol. The molecule has 0 radical (unpaired) electrons. The highest BCUT2D eigenvalue weighted by atomic mass is 16.5. The van der Waals surface area contributed by atoms with Crippen molar-refractivity contribution < 1.29 is 4.74 Å². The van der Waals surface area contributed by atoms with Gasteiger partial charge in [-0.1, -0.05) is 48.6 Å². The van der Waals surface area contributed by atoms with Gasteiger partial charge in [-0.3, -0.25) is 0 Å². The molecule has 0 fully saturated rings. The molecule has 0 spiro atoms. The SMILES string of the molecule is CNCc1cc(OCC2=CCCC=C2)n(CCc2ccccc2)n1. The number of rotatable bonds is 8. The van der Waals surface area contributed by atoms with Gasteiger partial charge in [0.05, 0.1) is 5.69 Å². The Balaban J connectivity index is 1.66. The lowest BCUT2D eigenvalue weighted by molar-refractivity contribution is 0.313. The Morgan fingerprint density at radius 2 is 2.08 bits per heavy atom. The Morgan fingerprint density at radius 3 is 2.83 bits per heavy atom. The van der Waals surface area contributed by atoms with Crippen molar-refractivity contribution >= 4 is 0 Å². The predicted octanol–water partition coefficient (Wildman–Crippen LogP) is 3.50. The van der Waals surface area contributed by atoms with Gasteiger partial charge in [-0.15, -0.1) is 0 Å². The molecule has 1 heterocycles. The third-order valence-electron chi connectivity index (χ3n) is 4.07. The van der Waals surface area contributed by atoms with Crippen molar-refractivity contribution in [1.82, 2.24) is 15.1 Å². The minimum atomic E-state index is 0.604. The quantitative estimate of drug-likeness (QED) is 0.808. The van der Waals surface area contributed by atoms with Gasteiger partial charge >= 0.3 is 0 Å². The second kappa shape index (κ2) is 8.50. The van der Waals surface area contributed by atoms with Crippen LogP contribution in [-0.4, -0.2) is 23.4 Å². The van der Waals surface area contributed by atoms with Crippen LogP contribution in [0, 0.1) is 0 Å². The molecule has 1 N–H and O–H groups in total. The summed E-state index contributed by atoms with van der Waals surface area (Å²) < 4.78 is 8.02. The zero-order chi connectivity index (χ0) is 16.6. The van der Waals surface area contributed by atoms with Crippen LogP contribution in [0.3, 0.4) is 0 Å². The molecule has 4 nitrogen and oxygen atoms in total. The molecule has 3 rings (SSSR count). The summed E-state index contributed by atoms with van der Waals surface area (Å²) in [6, 6.07) is 12.5. The molecule has 0 bridgehead atoms. The van der Waals surface area contributed by atoms with Gasteiger partial charge in [-0.25, -0.2) is 4.68 Å². The summed E-state index contributed by atoms with van der Waals surface area (Å²) in [5.74, 6) is 0.844. The van der Waals surface area contributed by atoms with E-state index in [1.54, 1.807) is 0 Å². The van der Waals surface area contributed by atoms with E-state index >= 15 is 0 Å². The van der Waals surface area contributed by atoms with Gasteiger partial charge in [0.1, 0.15) is 6.61 Å². The summed E-state index contributed by atoms with van der Waals surface area (Å²) in [5, 5.41) is 7.82. The van der Waals surface area contributed by atoms with Crippen molar-refractivity contribution in [3.05, 3.63) is 71.5 Å². The molecule has 0 unspecified atom stereocenters. The molecule has 0 atom stereocenters. The molecule has 1 aliphatic carbocycles. The maximum Gasteiger partial charge on any atom is 0.212 e. The van der Waals surface area contributed by atoms with E-state index in [2.05, 4.69) is 52.9 Å². The fourth-order valence-corrected chi connectivity index (χ4v) is 2.81. The Hall–Kier alpha value is -2.33. The van der Waals surface area contributed by atoms with Gasteiger partial charge in [-0.05, 0) is 37.4 Å². The Labute approximate surface area is 143 Å². The van der Waals surface area contributed by atoms with E-state index < -0.39 is 0 Å². The molecular weight excluding hydrogens is 298 g/mol. The van der Waals surface area contributed by atoms with Crippen LogP contribution < -0.4 is 10.1 Å². The molecule has 126 valence electrons. The fourth-order valence-electron chi connectivity index (χ4n) is 2.81. The molecule has 0 saturated heterocycles. The highest BCUT2D eigenvalue weighted by molar-refractivity contribution is 5.25. The van der Waals surface area contributed by atoms with Gasteiger partial charge in [0.15, 0.2) is 0 Å². The Bertz CT molecular complexity index is 701. The van der Waals surface area contributed by atoms with Crippen LogP contribution in [0.15, 0.2) is 60.2 Å². The Kier molecular flexibility index (Phi) is 5.85. The number of allylic oxidation sites excluding steroid dienone is 2. The standard InChI is InChI=1S/C20H25N3O/c1-21-15-19-14-20(24-16-18-10-6-3-7-11-18)23(22-19)13-12-17-8-4-2-5-9-17/h2,4-6,8-11,14,21H,3,7,12-13,15-16H2,1H3. The first-order valence-electron chi connectivity index (χ1n) is 8.59. The summed E-state index contributed by atoms with van der Waals surface area (Å²) >= 11 is 0. The highest BCUT2D eigenvalue weighted by Gasteiger charge is 2.10. The zero-order valence-corrected chi connectivity index (χ0v) is 14.2. The van der Waals surface area contributed by atoms with E-state index in [0.29, 0.717) is 6.61 Å². The van der Waals surface area contributed by atoms with Gasteiger partial charge in [0.25, 0.3) is 0 Å². The second-order valence-electron chi connectivity index (χ2n) is 6.01. The minimum absolute atomic E-state index is 0.604. The van der Waals surface area contributed by atoms with Gasteiger partial charge in [-0.2, -0.15) is 5.10 Å². The van der Waals surface area contributed by atoms with Crippen molar-refractivity contribution in [2.45, 2.75) is 32.4 Å². The average Bonchev–Trinajstić information content (AvgIpc) is 3.02. The van der Waals surface area contributed by atoms with Crippen LogP contribution in [0.4, 0.5) is 0 Å². The number of hydrogen-bond acceptors (Lipinski definition) is 3. The number of nitrogens with one attached hydrogen (secondary N) is 1. The summed E-state index contributed by atoms with van der Waals surface area (Å²) in [4.78, 5) is 0. The monoisotopic (exact) mass is 323 g/mol. The highest BCUT2D eigenvalue weighted by Crippen LogP contribution is 2.17. The molecule has 24 heavy (non-hydrogen) atoms. The van der Waals surface area contributed by atoms with Crippen LogP contribution in [-0.2, 0) is 19.5 Å². The number of ether oxygens (including phenoxy) is 1. The largest absolute Gasteiger partial charge is 0.473 e. The molecule has 0 saturated carbocycles.